The van der Waals surface area contributed by atoms with Crippen molar-refractivity contribution >= 4 is 27.6 Å². The minimum Gasteiger partial charge on any atom is -0.226 e. The molecule has 7 aromatic rings. The average molecular weight is 567 g/mol. The highest BCUT2D eigenvalue weighted by Crippen LogP contribution is 2.51. The summed E-state index contributed by atoms with van der Waals surface area (Å²) in [4.78, 5) is 0. The summed E-state index contributed by atoms with van der Waals surface area (Å²) in [5.74, 6) is 1.10. The van der Waals surface area contributed by atoms with E-state index in [2.05, 4.69) is 174 Å². The zero-order valence-corrected chi connectivity index (χ0v) is 24.8. The topological polar surface area (TPSA) is 20.0 Å². The maximum Gasteiger partial charge on any atom is 0.308 e. The first-order valence-corrected chi connectivity index (χ1v) is 15.4. The molecule has 0 radical (unpaired) electrons. The van der Waals surface area contributed by atoms with Crippen LogP contribution in [-0.4, -0.2) is 15.2 Å². The van der Waals surface area contributed by atoms with Crippen molar-refractivity contribution in [3.05, 3.63) is 168 Å². The van der Waals surface area contributed by atoms with Crippen LogP contribution in [0.25, 0.3) is 44.1 Å². The van der Waals surface area contributed by atoms with Crippen LogP contribution in [0.1, 0.15) is 42.3 Å². The average Bonchev–Trinajstić information content (AvgIpc) is 3.49. The molecule has 2 heterocycles. The zero-order valence-electron chi connectivity index (χ0n) is 24.8. The molecule has 3 nitrogen and oxygen atoms in total. The monoisotopic (exact) mass is 566 g/mol. The number of aromatic nitrogens is 1. The van der Waals surface area contributed by atoms with Crippen LogP contribution in [-0.2, 0) is 5.41 Å². The third-order valence-corrected chi connectivity index (χ3v) is 9.68. The van der Waals surface area contributed by atoms with E-state index in [0.29, 0.717) is 0 Å². The van der Waals surface area contributed by atoms with E-state index in [9.17, 15) is 0 Å². The van der Waals surface area contributed by atoms with Gasteiger partial charge >= 0.3 is 5.84 Å². The molecular weight excluding hydrogens is 534 g/mol. The fraction of sp³-hybridized carbons (Fsp3) is 0.0976. The Kier molecular flexibility index (Phi) is 5.31. The largest absolute Gasteiger partial charge is 0.308 e. The van der Waals surface area contributed by atoms with Crippen LogP contribution in [0, 0.1) is 0 Å². The molecule has 2 aliphatic rings. The van der Waals surface area contributed by atoms with Gasteiger partial charge < -0.3 is 0 Å². The van der Waals surface area contributed by atoms with Gasteiger partial charge in [0.1, 0.15) is 0 Å². The Hall–Kier alpha value is -5.41. The van der Waals surface area contributed by atoms with E-state index >= 15 is 0 Å². The van der Waals surface area contributed by atoms with Crippen molar-refractivity contribution in [1.82, 2.24) is 9.99 Å². The highest BCUT2D eigenvalue weighted by Gasteiger charge is 2.43. The molecule has 0 saturated heterocycles. The van der Waals surface area contributed by atoms with Gasteiger partial charge in [-0.15, -0.1) is 4.68 Å². The Morgan fingerprint density at radius 3 is 1.93 bits per heavy atom. The first-order chi connectivity index (χ1) is 21.6. The molecule has 1 aromatic heterocycles. The Morgan fingerprint density at radius 2 is 1.18 bits per heavy atom. The van der Waals surface area contributed by atoms with Crippen molar-refractivity contribution in [1.29, 1.82) is 0 Å². The van der Waals surface area contributed by atoms with E-state index in [4.69, 9.17) is 0 Å². The molecule has 0 saturated carbocycles. The second kappa shape index (κ2) is 9.29. The summed E-state index contributed by atoms with van der Waals surface area (Å²) in [5.41, 5.74) is 12.6. The zero-order chi connectivity index (χ0) is 29.4. The number of nitrogens with zero attached hydrogens (tertiary/aromatic N) is 2. The summed E-state index contributed by atoms with van der Waals surface area (Å²) in [6.07, 6.45) is -0.0115. The molecule has 1 aliphatic heterocycles. The Balaban J connectivity index is 1.40. The quantitative estimate of drug-likeness (QED) is 0.211. The minimum atomic E-state index is -0.0648. The van der Waals surface area contributed by atoms with Crippen LogP contribution < -0.4 is 5.32 Å². The van der Waals surface area contributed by atoms with Gasteiger partial charge in [-0.1, -0.05) is 129 Å². The molecule has 1 N–H and O–H groups in total. The first-order valence-electron chi connectivity index (χ1n) is 15.4. The molecule has 210 valence electrons. The van der Waals surface area contributed by atoms with Crippen LogP contribution in [0.15, 0.2) is 146 Å². The molecule has 9 rings (SSSR count). The molecule has 1 atom stereocenters. The second-order valence-electron chi connectivity index (χ2n) is 12.5. The summed E-state index contributed by atoms with van der Waals surface area (Å²) in [6.45, 7) is 4.73. The third kappa shape index (κ3) is 3.53. The summed E-state index contributed by atoms with van der Waals surface area (Å²) in [7, 11) is 0. The molecule has 1 aliphatic carbocycles. The van der Waals surface area contributed by atoms with Crippen LogP contribution >= 0.6 is 0 Å². The second-order valence-corrected chi connectivity index (χ2v) is 12.5. The predicted octanol–water partition coefficient (Wildman–Crippen LogP) is 9.29. The van der Waals surface area contributed by atoms with Gasteiger partial charge in [0.05, 0.1) is 16.6 Å². The van der Waals surface area contributed by atoms with E-state index in [1.54, 1.807) is 0 Å². The van der Waals surface area contributed by atoms with E-state index in [1.165, 1.54) is 66.3 Å². The fourth-order valence-corrected chi connectivity index (χ4v) is 7.44. The molecule has 3 heteroatoms. The number of hydrogen-bond acceptors (Lipinski definition) is 1. The lowest BCUT2D eigenvalue weighted by atomic mass is 9.82. The molecule has 6 aromatic carbocycles. The van der Waals surface area contributed by atoms with Crippen molar-refractivity contribution in [2.45, 2.75) is 25.4 Å². The molecule has 0 amide bonds. The predicted molar refractivity (Wildman–Crippen MR) is 181 cm³/mol. The lowest BCUT2D eigenvalue weighted by molar-refractivity contribution is -0.652. The summed E-state index contributed by atoms with van der Waals surface area (Å²) in [5, 5.41) is 6.38. The van der Waals surface area contributed by atoms with E-state index in [-0.39, 0.29) is 11.6 Å². The summed E-state index contributed by atoms with van der Waals surface area (Å²) < 4.78 is 4.93. The van der Waals surface area contributed by atoms with Gasteiger partial charge in [0.15, 0.2) is 0 Å². The summed E-state index contributed by atoms with van der Waals surface area (Å²) >= 11 is 0. The number of rotatable bonds is 4. The van der Waals surface area contributed by atoms with Crippen molar-refractivity contribution in [3.8, 4) is 22.3 Å². The number of hydrogen-bond donors (Lipinski definition) is 1. The molecule has 1 unspecified atom stereocenters. The van der Waals surface area contributed by atoms with Gasteiger partial charge in [0, 0.05) is 21.8 Å². The van der Waals surface area contributed by atoms with Gasteiger partial charge in [-0.3, -0.25) is 0 Å². The van der Waals surface area contributed by atoms with E-state index in [0.717, 1.165) is 5.84 Å². The van der Waals surface area contributed by atoms with Gasteiger partial charge in [-0.2, -0.15) is 4.68 Å². The standard InChI is InChI=1S/C41H31N3/c1-41(2)35-21-13-12-20-31(35)33-26-38-34(25-36(33)41)32-23-22-30(27-14-6-3-7-15-27)24-37(32)43(38)44-39(28-16-8-4-9-17-28)42-40(44)29-18-10-5-11-19-29/h3-26,39H,1-2H3/p+1. The van der Waals surface area contributed by atoms with Crippen LogP contribution in [0.5, 0.6) is 0 Å². The maximum absolute atomic E-state index is 3.83. The number of fused-ring (bicyclic) bond motifs is 6. The molecule has 0 spiro atoms. The van der Waals surface area contributed by atoms with Crippen molar-refractivity contribution in [3.63, 3.8) is 0 Å². The Morgan fingerprint density at radius 1 is 0.545 bits per heavy atom. The molecule has 44 heavy (non-hydrogen) atoms. The molecule has 0 fully saturated rings. The maximum atomic E-state index is 3.83. The first kappa shape index (κ1) is 25.1. The van der Waals surface area contributed by atoms with E-state index in [1.807, 2.05) is 0 Å². The third-order valence-electron chi connectivity index (χ3n) is 9.68. The van der Waals surface area contributed by atoms with Crippen molar-refractivity contribution in [2.24, 2.45) is 0 Å². The lowest BCUT2D eigenvalue weighted by Gasteiger charge is -2.30. The molecule has 0 bridgehead atoms. The Bertz CT molecular complexity index is 2260. The highest BCUT2D eigenvalue weighted by molar-refractivity contribution is 6.11. The normalized spacial score (nSPS) is 16.5. The van der Waals surface area contributed by atoms with Gasteiger partial charge in [-0.25, -0.2) is 5.32 Å². The van der Waals surface area contributed by atoms with Crippen molar-refractivity contribution < 1.29 is 4.68 Å². The van der Waals surface area contributed by atoms with Crippen LogP contribution in [0.4, 0.5) is 0 Å². The minimum absolute atomic E-state index is 0.0115. The van der Waals surface area contributed by atoms with E-state index < -0.39 is 0 Å². The lowest BCUT2D eigenvalue weighted by Crippen LogP contribution is -2.55. The van der Waals surface area contributed by atoms with Crippen LogP contribution in [0.2, 0.25) is 0 Å². The smallest absolute Gasteiger partial charge is 0.226 e. The number of benzene rings is 6. The SMILES string of the molecule is CC1(C)c2ccccc2-c2cc3c(cc21)c1ccc(-c2ccccc2)cc1n3[N+]1=C(c2ccccc2)NC1c1ccccc1. The fourth-order valence-electron chi connectivity index (χ4n) is 7.44. The van der Waals surface area contributed by atoms with Gasteiger partial charge in [0.25, 0.3) is 6.17 Å². The number of nitrogens with one attached hydrogen (secondary N) is 1. The summed E-state index contributed by atoms with van der Waals surface area (Å²) in [6, 6.07) is 53.0. The number of amidine groups is 1. The van der Waals surface area contributed by atoms with Gasteiger partial charge in [0.2, 0.25) is 0 Å². The Labute approximate surface area is 257 Å². The highest BCUT2D eigenvalue weighted by atomic mass is 15.6. The molecular formula is C41H32N3+. The van der Waals surface area contributed by atoms with Crippen LogP contribution in [0.3, 0.4) is 0 Å². The van der Waals surface area contributed by atoms with Gasteiger partial charge in [-0.05, 0) is 63.7 Å². The van der Waals surface area contributed by atoms with Crippen molar-refractivity contribution in [2.75, 3.05) is 0 Å².